The molecular formula is C6H13NO5. The van der Waals surface area contributed by atoms with Gasteiger partial charge in [-0.3, -0.25) is 0 Å². The standard InChI is InChI=1S/C6H12O2.HNO3/c1-5-2-3-8-4-6(5)7;2-1(3)4/h5-7H,2-4H2,1H3;(H,2,3,4). The van der Waals surface area contributed by atoms with Gasteiger partial charge in [0.05, 0.1) is 12.7 Å². The second-order valence-electron chi connectivity index (χ2n) is 2.65. The zero-order valence-electron chi connectivity index (χ0n) is 6.84. The molecule has 0 bridgehead atoms. The van der Waals surface area contributed by atoms with E-state index in [-0.39, 0.29) is 6.10 Å². The molecular weight excluding hydrogens is 166 g/mol. The van der Waals surface area contributed by atoms with Crippen LogP contribution in [0.1, 0.15) is 13.3 Å². The Balaban J connectivity index is 0.000000261. The fourth-order valence-corrected chi connectivity index (χ4v) is 0.830. The third-order valence-electron chi connectivity index (χ3n) is 1.66. The van der Waals surface area contributed by atoms with Gasteiger partial charge in [-0.15, -0.1) is 10.1 Å². The number of nitrogens with zero attached hydrogens (tertiary/aromatic N) is 1. The van der Waals surface area contributed by atoms with Crippen molar-refractivity contribution in [3.63, 3.8) is 0 Å². The fourth-order valence-electron chi connectivity index (χ4n) is 0.830. The summed E-state index contributed by atoms with van der Waals surface area (Å²) in [6, 6.07) is 0. The Morgan fingerprint density at radius 1 is 1.67 bits per heavy atom. The van der Waals surface area contributed by atoms with Crippen LogP contribution in [0, 0.1) is 16.0 Å². The highest BCUT2D eigenvalue weighted by Crippen LogP contribution is 2.13. The van der Waals surface area contributed by atoms with E-state index >= 15 is 0 Å². The molecule has 2 unspecified atom stereocenters. The SMILES string of the molecule is CC1CCOCC1O.O=[N+]([O-])O. The molecule has 1 aliphatic heterocycles. The van der Waals surface area contributed by atoms with Crippen LogP contribution in [0.3, 0.4) is 0 Å². The molecule has 0 amide bonds. The predicted molar refractivity (Wildman–Crippen MR) is 39.4 cm³/mol. The smallest absolute Gasteiger partial charge is 0.291 e. The van der Waals surface area contributed by atoms with E-state index in [1.165, 1.54) is 0 Å². The average Bonchev–Trinajstić information content (AvgIpc) is 1.94. The van der Waals surface area contributed by atoms with Crippen LogP contribution in [0.25, 0.3) is 0 Å². The summed E-state index contributed by atoms with van der Waals surface area (Å²) in [5, 5.41) is 22.7. The molecule has 1 heterocycles. The van der Waals surface area contributed by atoms with Crippen LogP contribution in [-0.2, 0) is 4.74 Å². The lowest BCUT2D eigenvalue weighted by Gasteiger charge is -2.23. The first-order valence-corrected chi connectivity index (χ1v) is 3.63. The highest BCUT2D eigenvalue weighted by molar-refractivity contribution is 4.67. The molecule has 0 aromatic heterocycles. The van der Waals surface area contributed by atoms with E-state index in [1.54, 1.807) is 0 Å². The highest BCUT2D eigenvalue weighted by atomic mass is 16.9. The van der Waals surface area contributed by atoms with E-state index in [0.29, 0.717) is 12.5 Å². The summed E-state index contributed by atoms with van der Waals surface area (Å²) < 4.78 is 5.00. The molecule has 0 aromatic carbocycles. The number of aliphatic hydroxyl groups excluding tert-OH is 1. The lowest BCUT2D eigenvalue weighted by Crippen LogP contribution is -2.29. The van der Waals surface area contributed by atoms with Crippen molar-refractivity contribution in [3.05, 3.63) is 10.1 Å². The normalized spacial score (nSPS) is 28.5. The number of hydrogen-bond acceptors (Lipinski definition) is 4. The molecule has 0 saturated carbocycles. The van der Waals surface area contributed by atoms with Gasteiger partial charge in [-0.1, -0.05) is 6.92 Å². The van der Waals surface area contributed by atoms with Crippen molar-refractivity contribution in [1.82, 2.24) is 0 Å². The zero-order chi connectivity index (χ0) is 9.56. The lowest BCUT2D eigenvalue weighted by atomic mass is 10.0. The number of rotatable bonds is 0. The summed E-state index contributed by atoms with van der Waals surface area (Å²) in [4.78, 5) is 8.36. The minimum Gasteiger partial charge on any atom is -0.390 e. The second-order valence-corrected chi connectivity index (χ2v) is 2.65. The Kier molecular flexibility index (Phi) is 5.31. The number of hydrogen-bond donors (Lipinski definition) is 2. The van der Waals surface area contributed by atoms with Gasteiger partial charge in [-0.2, -0.15) is 0 Å². The molecule has 1 saturated heterocycles. The molecule has 2 N–H and O–H groups in total. The van der Waals surface area contributed by atoms with E-state index in [9.17, 15) is 0 Å². The van der Waals surface area contributed by atoms with Gasteiger partial charge in [0.15, 0.2) is 0 Å². The van der Waals surface area contributed by atoms with Gasteiger partial charge in [0.1, 0.15) is 0 Å². The van der Waals surface area contributed by atoms with Crippen LogP contribution in [-0.4, -0.2) is 34.7 Å². The zero-order valence-corrected chi connectivity index (χ0v) is 6.84. The Morgan fingerprint density at radius 3 is 2.42 bits per heavy atom. The maximum atomic E-state index is 9.05. The summed E-state index contributed by atoms with van der Waals surface area (Å²) in [6.45, 7) is 3.40. The molecule has 6 nitrogen and oxygen atoms in total. The summed E-state index contributed by atoms with van der Waals surface area (Å²) in [7, 11) is 0. The van der Waals surface area contributed by atoms with Crippen molar-refractivity contribution < 1.29 is 20.1 Å². The lowest BCUT2D eigenvalue weighted by molar-refractivity contribution is -0.742. The minimum atomic E-state index is -1.50. The van der Waals surface area contributed by atoms with Gasteiger partial charge in [0.25, 0.3) is 5.09 Å². The molecule has 0 aromatic rings. The molecule has 0 radical (unpaired) electrons. The molecule has 0 aliphatic carbocycles. The first-order chi connectivity index (χ1) is 5.54. The van der Waals surface area contributed by atoms with Crippen LogP contribution in [0.2, 0.25) is 0 Å². The molecule has 0 spiro atoms. The maximum Gasteiger partial charge on any atom is 0.291 e. The third kappa shape index (κ3) is 5.87. The molecule has 1 fully saturated rings. The van der Waals surface area contributed by atoms with Gasteiger partial charge in [0, 0.05) is 6.61 Å². The average molecular weight is 179 g/mol. The van der Waals surface area contributed by atoms with Crippen LogP contribution in [0.4, 0.5) is 0 Å². The summed E-state index contributed by atoms with van der Waals surface area (Å²) >= 11 is 0. The third-order valence-corrected chi connectivity index (χ3v) is 1.66. The Morgan fingerprint density at radius 2 is 2.17 bits per heavy atom. The van der Waals surface area contributed by atoms with Crippen molar-refractivity contribution >= 4 is 0 Å². The quantitative estimate of drug-likeness (QED) is 0.405. The van der Waals surface area contributed by atoms with Crippen molar-refractivity contribution in [2.75, 3.05) is 13.2 Å². The second kappa shape index (κ2) is 5.73. The van der Waals surface area contributed by atoms with Crippen LogP contribution in [0.5, 0.6) is 0 Å². The largest absolute Gasteiger partial charge is 0.390 e. The van der Waals surface area contributed by atoms with Crippen LogP contribution in [0.15, 0.2) is 0 Å². The minimum absolute atomic E-state index is 0.219. The molecule has 72 valence electrons. The van der Waals surface area contributed by atoms with Crippen LogP contribution >= 0.6 is 0 Å². The Labute approximate surface area is 69.9 Å². The van der Waals surface area contributed by atoms with Crippen molar-refractivity contribution in [2.24, 2.45) is 5.92 Å². The summed E-state index contributed by atoms with van der Waals surface area (Å²) in [6.07, 6.45) is 0.782. The Bertz CT molecular complexity index is 126. The highest BCUT2D eigenvalue weighted by Gasteiger charge is 2.18. The first-order valence-electron chi connectivity index (χ1n) is 3.63. The van der Waals surface area contributed by atoms with Gasteiger partial charge in [-0.05, 0) is 12.3 Å². The Hall–Kier alpha value is -0.880. The number of ether oxygens (including phenoxy) is 1. The monoisotopic (exact) mass is 179 g/mol. The van der Waals surface area contributed by atoms with Gasteiger partial charge >= 0.3 is 0 Å². The molecule has 2 atom stereocenters. The topological polar surface area (TPSA) is 92.8 Å². The van der Waals surface area contributed by atoms with E-state index in [2.05, 4.69) is 0 Å². The van der Waals surface area contributed by atoms with E-state index in [4.69, 9.17) is 25.2 Å². The fraction of sp³-hybridized carbons (Fsp3) is 1.00. The molecule has 12 heavy (non-hydrogen) atoms. The predicted octanol–water partition coefficient (Wildman–Crippen LogP) is 0.0560. The molecule has 1 rings (SSSR count). The first kappa shape index (κ1) is 11.1. The summed E-state index contributed by atoms with van der Waals surface area (Å²) in [5.41, 5.74) is 0. The van der Waals surface area contributed by atoms with E-state index in [1.807, 2.05) is 6.92 Å². The van der Waals surface area contributed by atoms with E-state index in [0.717, 1.165) is 13.0 Å². The molecule has 1 aliphatic rings. The van der Waals surface area contributed by atoms with Crippen molar-refractivity contribution in [3.8, 4) is 0 Å². The van der Waals surface area contributed by atoms with Crippen molar-refractivity contribution in [2.45, 2.75) is 19.4 Å². The van der Waals surface area contributed by atoms with Crippen molar-refractivity contribution in [1.29, 1.82) is 0 Å². The summed E-state index contributed by atoms with van der Waals surface area (Å²) in [5.74, 6) is 0.434. The van der Waals surface area contributed by atoms with E-state index < -0.39 is 5.09 Å². The maximum absolute atomic E-state index is 9.05. The van der Waals surface area contributed by atoms with Gasteiger partial charge in [0.2, 0.25) is 0 Å². The van der Waals surface area contributed by atoms with Gasteiger partial charge in [-0.25, -0.2) is 0 Å². The van der Waals surface area contributed by atoms with Gasteiger partial charge < -0.3 is 15.1 Å². The molecule has 6 heteroatoms. The number of aliphatic hydroxyl groups is 1. The van der Waals surface area contributed by atoms with Crippen LogP contribution < -0.4 is 0 Å².